The Bertz CT molecular complexity index is 655. The minimum absolute atomic E-state index is 0.260. The predicted molar refractivity (Wildman–Crippen MR) is 75.2 cm³/mol. The molecule has 0 amide bonds. The molecule has 0 fully saturated rings. The maximum Gasteiger partial charge on any atom is 0.253 e. The zero-order valence-electron chi connectivity index (χ0n) is 10.1. The third kappa shape index (κ3) is 2.87. The van der Waals surface area contributed by atoms with Gasteiger partial charge in [0.15, 0.2) is 4.77 Å². The minimum Gasteiger partial charge on any atom is -0.385 e. The molecular formula is C13H15N3OS. The third-order valence-electron chi connectivity index (χ3n) is 2.81. The van der Waals surface area contributed by atoms with Gasteiger partial charge in [0.1, 0.15) is 5.82 Å². The van der Waals surface area contributed by atoms with Gasteiger partial charge in [-0.2, -0.15) is 0 Å². The number of nitrogens with two attached hydrogens (primary N) is 1. The summed E-state index contributed by atoms with van der Waals surface area (Å²) >= 11 is 5.09. The molecule has 2 aromatic rings. The van der Waals surface area contributed by atoms with Crippen molar-refractivity contribution in [2.45, 2.75) is 19.9 Å². The Balaban J connectivity index is 2.18. The van der Waals surface area contributed by atoms with Gasteiger partial charge in [-0.25, -0.2) is 0 Å². The highest BCUT2D eigenvalue weighted by atomic mass is 32.1. The molecule has 1 aromatic heterocycles. The molecule has 1 heterocycles. The Hall–Kier alpha value is -1.88. The van der Waals surface area contributed by atoms with Gasteiger partial charge in [-0.05, 0) is 31.1 Å². The molecule has 3 N–H and O–H groups in total. The molecule has 4 nitrogen and oxygen atoms in total. The van der Waals surface area contributed by atoms with E-state index in [4.69, 9.17) is 18.0 Å². The number of aromatic amines is 1. The average Bonchev–Trinajstić information content (AvgIpc) is 2.30. The number of hydrogen-bond acceptors (Lipinski definition) is 3. The standard InChI is InChI=1S/C13H15N3OS/c1-9-2-4-10(5-3-9)6-7-16-11(14)8-12(17)15-13(16)18/h2-5,8H,6-7,14H2,1H3,(H,15,17,18). The summed E-state index contributed by atoms with van der Waals surface area (Å²) in [5.74, 6) is 0.399. The highest BCUT2D eigenvalue weighted by Crippen LogP contribution is 2.07. The van der Waals surface area contributed by atoms with Crippen molar-refractivity contribution in [2.24, 2.45) is 0 Å². The predicted octanol–water partition coefficient (Wildman–Crippen LogP) is 2.04. The Morgan fingerprint density at radius 2 is 2.00 bits per heavy atom. The fourth-order valence-corrected chi connectivity index (χ4v) is 2.06. The van der Waals surface area contributed by atoms with Crippen molar-refractivity contribution in [3.8, 4) is 0 Å². The van der Waals surface area contributed by atoms with Crippen molar-refractivity contribution in [1.29, 1.82) is 0 Å². The fourth-order valence-electron chi connectivity index (χ4n) is 1.76. The van der Waals surface area contributed by atoms with Gasteiger partial charge in [0.2, 0.25) is 0 Å². The SMILES string of the molecule is Cc1ccc(CCn2c(N)cc(=O)[nH]c2=S)cc1. The molecule has 2 rings (SSSR count). The van der Waals surface area contributed by atoms with E-state index in [1.165, 1.54) is 17.2 Å². The summed E-state index contributed by atoms with van der Waals surface area (Å²) in [5.41, 5.74) is 7.98. The number of hydrogen-bond donors (Lipinski definition) is 2. The first-order chi connectivity index (χ1) is 8.56. The maximum atomic E-state index is 11.2. The number of benzene rings is 1. The molecule has 0 aliphatic carbocycles. The first-order valence-electron chi connectivity index (χ1n) is 5.71. The average molecular weight is 261 g/mol. The van der Waals surface area contributed by atoms with E-state index in [1.807, 2.05) is 0 Å². The molecule has 0 atom stereocenters. The molecule has 0 aliphatic rings. The van der Waals surface area contributed by atoms with E-state index in [0.29, 0.717) is 17.1 Å². The first kappa shape index (κ1) is 12.6. The van der Waals surface area contributed by atoms with Gasteiger partial charge in [-0.3, -0.25) is 9.78 Å². The van der Waals surface area contributed by atoms with Crippen LogP contribution in [-0.4, -0.2) is 9.55 Å². The second-order valence-corrected chi connectivity index (χ2v) is 4.64. The Labute approximate surface area is 110 Å². The summed E-state index contributed by atoms with van der Waals surface area (Å²) in [6, 6.07) is 9.67. The summed E-state index contributed by atoms with van der Waals surface area (Å²) in [6.45, 7) is 2.71. The molecule has 0 saturated carbocycles. The number of aromatic nitrogens is 2. The van der Waals surface area contributed by atoms with Crippen molar-refractivity contribution in [3.05, 3.63) is 56.6 Å². The van der Waals surface area contributed by atoms with Crippen molar-refractivity contribution in [2.75, 3.05) is 5.73 Å². The molecule has 5 heteroatoms. The number of nitrogen functional groups attached to an aromatic ring is 1. The van der Waals surface area contributed by atoms with E-state index in [9.17, 15) is 4.79 Å². The molecule has 0 aliphatic heterocycles. The molecule has 1 aromatic carbocycles. The summed E-state index contributed by atoms with van der Waals surface area (Å²) in [4.78, 5) is 13.7. The summed E-state index contributed by atoms with van der Waals surface area (Å²) in [7, 11) is 0. The number of aryl methyl sites for hydroxylation is 2. The molecule has 94 valence electrons. The van der Waals surface area contributed by atoms with Crippen molar-refractivity contribution in [3.63, 3.8) is 0 Å². The normalized spacial score (nSPS) is 10.5. The van der Waals surface area contributed by atoms with Crippen LogP contribution in [0.1, 0.15) is 11.1 Å². The van der Waals surface area contributed by atoms with Crippen LogP contribution in [0.4, 0.5) is 5.82 Å². The summed E-state index contributed by atoms with van der Waals surface area (Å²) in [6.07, 6.45) is 0.824. The van der Waals surface area contributed by atoms with Gasteiger partial charge in [0.25, 0.3) is 5.56 Å². The number of nitrogens with zero attached hydrogens (tertiary/aromatic N) is 1. The van der Waals surface area contributed by atoms with Crippen LogP contribution in [0.2, 0.25) is 0 Å². The van der Waals surface area contributed by atoms with Crippen molar-refractivity contribution >= 4 is 18.0 Å². The Morgan fingerprint density at radius 1 is 1.33 bits per heavy atom. The monoisotopic (exact) mass is 261 g/mol. The van der Waals surface area contributed by atoms with Crippen LogP contribution >= 0.6 is 12.2 Å². The maximum absolute atomic E-state index is 11.2. The van der Waals surface area contributed by atoms with Crippen LogP contribution in [0.3, 0.4) is 0 Å². The molecular weight excluding hydrogens is 246 g/mol. The van der Waals surface area contributed by atoms with Gasteiger partial charge in [0, 0.05) is 12.6 Å². The lowest BCUT2D eigenvalue weighted by atomic mass is 10.1. The highest BCUT2D eigenvalue weighted by molar-refractivity contribution is 7.71. The van der Waals surface area contributed by atoms with Gasteiger partial charge in [0.05, 0.1) is 0 Å². The minimum atomic E-state index is -0.260. The summed E-state index contributed by atoms with van der Waals surface area (Å²) < 4.78 is 2.10. The van der Waals surface area contributed by atoms with Crippen molar-refractivity contribution < 1.29 is 0 Å². The second kappa shape index (κ2) is 5.18. The zero-order chi connectivity index (χ0) is 13.1. The van der Waals surface area contributed by atoms with E-state index >= 15 is 0 Å². The number of H-pyrrole nitrogens is 1. The van der Waals surface area contributed by atoms with Crippen LogP contribution in [0.15, 0.2) is 35.1 Å². The lowest BCUT2D eigenvalue weighted by Crippen LogP contribution is -2.17. The van der Waals surface area contributed by atoms with E-state index < -0.39 is 0 Å². The van der Waals surface area contributed by atoms with Gasteiger partial charge < -0.3 is 10.3 Å². The molecule has 0 saturated heterocycles. The first-order valence-corrected chi connectivity index (χ1v) is 6.12. The lowest BCUT2D eigenvalue weighted by molar-refractivity contribution is 0.672. The van der Waals surface area contributed by atoms with Gasteiger partial charge >= 0.3 is 0 Å². The van der Waals surface area contributed by atoms with E-state index in [0.717, 1.165) is 6.42 Å². The quantitative estimate of drug-likeness (QED) is 0.831. The molecule has 0 unspecified atom stereocenters. The zero-order valence-corrected chi connectivity index (χ0v) is 11.0. The number of rotatable bonds is 3. The summed E-state index contributed by atoms with van der Waals surface area (Å²) in [5, 5.41) is 0. The van der Waals surface area contributed by atoms with Crippen LogP contribution in [0.25, 0.3) is 0 Å². The van der Waals surface area contributed by atoms with Crippen LogP contribution in [0.5, 0.6) is 0 Å². The Morgan fingerprint density at radius 3 is 2.61 bits per heavy atom. The third-order valence-corrected chi connectivity index (χ3v) is 3.13. The topological polar surface area (TPSA) is 63.8 Å². The molecule has 0 spiro atoms. The van der Waals surface area contributed by atoms with Crippen LogP contribution in [0, 0.1) is 11.7 Å². The highest BCUT2D eigenvalue weighted by Gasteiger charge is 2.01. The molecule has 0 bridgehead atoms. The largest absolute Gasteiger partial charge is 0.385 e. The number of nitrogens with one attached hydrogen (secondary N) is 1. The Kier molecular flexibility index (Phi) is 3.62. The molecule has 0 radical (unpaired) electrons. The molecule has 18 heavy (non-hydrogen) atoms. The lowest BCUT2D eigenvalue weighted by Gasteiger charge is -2.09. The van der Waals surface area contributed by atoms with Crippen LogP contribution < -0.4 is 11.3 Å². The van der Waals surface area contributed by atoms with E-state index in [1.54, 1.807) is 4.57 Å². The van der Waals surface area contributed by atoms with Gasteiger partial charge in [-0.1, -0.05) is 29.8 Å². The van der Waals surface area contributed by atoms with E-state index in [-0.39, 0.29) is 5.56 Å². The van der Waals surface area contributed by atoms with Crippen molar-refractivity contribution in [1.82, 2.24) is 9.55 Å². The van der Waals surface area contributed by atoms with E-state index in [2.05, 4.69) is 36.2 Å². The van der Waals surface area contributed by atoms with Gasteiger partial charge in [-0.15, -0.1) is 0 Å². The number of anilines is 1. The second-order valence-electron chi connectivity index (χ2n) is 4.25. The smallest absolute Gasteiger partial charge is 0.253 e. The fraction of sp³-hybridized carbons (Fsp3) is 0.231. The van der Waals surface area contributed by atoms with Crippen LogP contribution in [-0.2, 0) is 13.0 Å².